The van der Waals surface area contributed by atoms with Crippen LogP contribution in [0.1, 0.15) is 21.0 Å². The summed E-state index contributed by atoms with van der Waals surface area (Å²) in [7, 11) is 1.97. The summed E-state index contributed by atoms with van der Waals surface area (Å²) >= 11 is 1.87. The van der Waals surface area contributed by atoms with Gasteiger partial charge in [0.15, 0.2) is 0 Å². The van der Waals surface area contributed by atoms with Gasteiger partial charge in [0, 0.05) is 36.1 Å². The number of rotatable bonds is 4. The Morgan fingerprint density at radius 3 is 2.75 bits per heavy atom. The lowest BCUT2D eigenvalue weighted by molar-refractivity contribution is 0.629. The molecule has 2 aromatic heterocycles. The molecule has 3 nitrogen and oxygen atoms in total. The second-order valence-corrected chi connectivity index (χ2v) is 5.34. The van der Waals surface area contributed by atoms with Crippen LogP contribution in [0.15, 0.2) is 18.3 Å². The minimum absolute atomic E-state index is 0.868. The molecule has 86 valence electrons. The van der Waals surface area contributed by atoms with Gasteiger partial charge in [0.2, 0.25) is 0 Å². The highest BCUT2D eigenvalue weighted by atomic mass is 32.1. The minimum atomic E-state index is 0.868. The molecule has 2 rings (SSSR count). The summed E-state index contributed by atoms with van der Waals surface area (Å²) in [5.74, 6) is 0. The van der Waals surface area contributed by atoms with Crippen molar-refractivity contribution in [3.05, 3.63) is 39.3 Å². The molecule has 0 radical (unpaired) electrons. The number of aryl methyl sites for hydroxylation is 3. The molecule has 0 saturated heterocycles. The van der Waals surface area contributed by atoms with E-state index in [4.69, 9.17) is 0 Å². The zero-order valence-corrected chi connectivity index (χ0v) is 10.8. The van der Waals surface area contributed by atoms with Crippen molar-refractivity contribution in [1.29, 1.82) is 0 Å². The fourth-order valence-corrected chi connectivity index (χ4v) is 2.65. The smallest absolute Gasteiger partial charge is 0.0518 e. The largest absolute Gasteiger partial charge is 0.306 e. The van der Waals surface area contributed by atoms with Gasteiger partial charge in [-0.2, -0.15) is 5.10 Å². The molecule has 0 amide bonds. The maximum absolute atomic E-state index is 4.14. The molecule has 0 bridgehead atoms. The summed E-state index contributed by atoms with van der Waals surface area (Å²) in [4.78, 5) is 2.81. The number of nitrogens with one attached hydrogen (secondary N) is 1. The number of thiophene rings is 1. The number of hydrogen-bond acceptors (Lipinski definition) is 3. The van der Waals surface area contributed by atoms with Gasteiger partial charge in [-0.1, -0.05) is 0 Å². The standard InChI is InChI=1S/C12H17N3S/c1-9-6-12(16-10(9)2)8-13-7-11-4-5-14-15(11)3/h4-6,13H,7-8H2,1-3H3. The van der Waals surface area contributed by atoms with Crippen LogP contribution in [-0.4, -0.2) is 9.78 Å². The molecular formula is C12H17N3S. The van der Waals surface area contributed by atoms with Crippen LogP contribution in [0.25, 0.3) is 0 Å². The van der Waals surface area contributed by atoms with Gasteiger partial charge in [-0.3, -0.25) is 4.68 Å². The molecule has 0 aliphatic carbocycles. The molecule has 0 aromatic carbocycles. The van der Waals surface area contributed by atoms with Gasteiger partial charge >= 0.3 is 0 Å². The van der Waals surface area contributed by atoms with Gasteiger partial charge in [0.25, 0.3) is 0 Å². The second kappa shape index (κ2) is 4.80. The lowest BCUT2D eigenvalue weighted by Gasteiger charge is -2.03. The van der Waals surface area contributed by atoms with Gasteiger partial charge in [-0.15, -0.1) is 11.3 Å². The van der Waals surface area contributed by atoms with Crippen LogP contribution in [-0.2, 0) is 20.1 Å². The van der Waals surface area contributed by atoms with Crippen molar-refractivity contribution in [2.45, 2.75) is 26.9 Å². The average molecular weight is 235 g/mol. The van der Waals surface area contributed by atoms with Crippen molar-refractivity contribution in [3.63, 3.8) is 0 Å². The van der Waals surface area contributed by atoms with E-state index >= 15 is 0 Å². The zero-order valence-electron chi connectivity index (χ0n) is 9.95. The van der Waals surface area contributed by atoms with Crippen molar-refractivity contribution >= 4 is 11.3 Å². The van der Waals surface area contributed by atoms with Crippen LogP contribution in [0.2, 0.25) is 0 Å². The van der Waals surface area contributed by atoms with E-state index in [2.05, 4.69) is 30.3 Å². The maximum Gasteiger partial charge on any atom is 0.0518 e. The first-order chi connectivity index (χ1) is 7.66. The summed E-state index contributed by atoms with van der Waals surface area (Å²) in [5.41, 5.74) is 2.60. The molecule has 0 aliphatic heterocycles. The van der Waals surface area contributed by atoms with E-state index in [0.717, 1.165) is 13.1 Å². The van der Waals surface area contributed by atoms with Crippen molar-refractivity contribution in [2.24, 2.45) is 7.05 Å². The Balaban J connectivity index is 1.87. The molecule has 16 heavy (non-hydrogen) atoms. The van der Waals surface area contributed by atoms with Gasteiger partial charge in [-0.25, -0.2) is 0 Å². The first kappa shape index (κ1) is 11.4. The van der Waals surface area contributed by atoms with E-state index in [1.54, 1.807) is 0 Å². The van der Waals surface area contributed by atoms with E-state index in [1.807, 2.05) is 35.3 Å². The van der Waals surface area contributed by atoms with Crippen molar-refractivity contribution < 1.29 is 0 Å². The van der Waals surface area contributed by atoms with Gasteiger partial charge in [-0.05, 0) is 31.5 Å². The Labute approximate surface area is 100 Å². The summed E-state index contributed by atoms with van der Waals surface area (Å²) in [6, 6.07) is 4.30. The highest BCUT2D eigenvalue weighted by Gasteiger charge is 2.02. The number of aromatic nitrogens is 2. The Morgan fingerprint density at radius 1 is 1.38 bits per heavy atom. The summed E-state index contributed by atoms with van der Waals surface area (Å²) in [6.45, 7) is 6.14. The fraction of sp³-hybridized carbons (Fsp3) is 0.417. The van der Waals surface area contributed by atoms with Crippen LogP contribution in [0, 0.1) is 13.8 Å². The SMILES string of the molecule is Cc1cc(CNCc2ccnn2C)sc1C. The Kier molecular flexibility index (Phi) is 3.41. The van der Waals surface area contributed by atoms with E-state index in [9.17, 15) is 0 Å². The van der Waals surface area contributed by atoms with Crippen molar-refractivity contribution in [3.8, 4) is 0 Å². The predicted octanol–water partition coefficient (Wildman–Crippen LogP) is 2.39. The average Bonchev–Trinajstić information content (AvgIpc) is 2.76. The molecule has 2 heterocycles. The Morgan fingerprint density at radius 2 is 2.19 bits per heavy atom. The summed E-state index contributed by atoms with van der Waals surface area (Å²) < 4.78 is 1.90. The van der Waals surface area contributed by atoms with Crippen LogP contribution in [0.3, 0.4) is 0 Å². The van der Waals surface area contributed by atoms with E-state index in [-0.39, 0.29) is 0 Å². The third-order valence-corrected chi connectivity index (χ3v) is 3.90. The highest BCUT2D eigenvalue weighted by molar-refractivity contribution is 7.12. The Bertz CT molecular complexity index is 451. The first-order valence-electron chi connectivity index (χ1n) is 5.40. The summed E-state index contributed by atoms with van der Waals surface area (Å²) in [5, 5.41) is 7.57. The monoisotopic (exact) mass is 235 g/mol. The van der Waals surface area contributed by atoms with Crippen LogP contribution in [0.4, 0.5) is 0 Å². The van der Waals surface area contributed by atoms with Gasteiger partial charge in [0.1, 0.15) is 0 Å². The zero-order chi connectivity index (χ0) is 11.5. The molecule has 1 N–H and O–H groups in total. The molecule has 0 atom stereocenters. The van der Waals surface area contributed by atoms with Crippen molar-refractivity contribution in [2.75, 3.05) is 0 Å². The molecule has 0 spiro atoms. The molecule has 0 saturated carbocycles. The summed E-state index contributed by atoms with van der Waals surface area (Å²) in [6.07, 6.45) is 1.83. The molecule has 0 fully saturated rings. The minimum Gasteiger partial charge on any atom is -0.306 e. The lowest BCUT2D eigenvalue weighted by Crippen LogP contribution is -2.14. The molecule has 2 aromatic rings. The van der Waals surface area contributed by atoms with Gasteiger partial charge in [0.05, 0.1) is 5.69 Å². The van der Waals surface area contributed by atoms with Crippen LogP contribution < -0.4 is 5.32 Å². The number of hydrogen-bond donors (Lipinski definition) is 1. The molecular weight excluding hydrogens is 218 g/mol. The lowest BCUT2D eigenvalue weighted by atomic mass is 10.3. The van der Waals surface area contributed by atoms with E-state index in [0.29, 0.717) is 0 Å². The normalized spacial score (nSPS) is 10.9. The highest BCUT2D eigenvalue weighted by Crippen LogP contribution is 2.20. The third kappa shape index (κ3) is 2.51. The fourth-order valence-electron chi connectivity index (χ4n) is 1.63. The quantitative estimate of drug-likeness (QED) is 0.882. The molecule has 0 aliphatic rings. The van der Waals surface area contributed by atoms with Gasteiger partial charge < -0.3 is 5.32 Å². The second-order valence-electron chi connectivity index (χ2n) is 4.00. The molecule has 0 unspecified atom stereocenters. The van der Waals surface area contributed by atoms with Crippen molar-refractivity contribution in [1.82, 2.24) is 15.1 Å². The first-order valence-corrected chi connectivity index (χ1v) is 6.22. The molecule has 4 heteroatoms. The maximum atomic E-state index is 4.14. The van der Waals surface area contributed by atoms with E-state index in [1.165, 1.54) is 21.0 Å². The van der Waals surface area contributed by atoms with Crippen LogP contribution >= 0.6 is 11.3 Å². The van der Waals surface area contributed by atoms with E-state index < -0.39 is 0 Å². The predicted molar refractivity (Wildman–Crippen MR) is 67.5 cm³/mol. The van der Waals surface area contributed by atoms with Crippen LogP contribution in [0.5, 0.6) is 0 Å². The number of nitrogens with zero attached hydrogens (tertiary/aromatic N) is 2. The topological polar surface area (TPSA) is 29.9 Å². The Hall–Kier alpha value is -1.13. The third-order valence-electron chi connectivity index (χ3n) is 2.74.